The van der Waals surface area contributed by atoms with Crippen LogP contribution >= 0.6 is 0 Å². The Balaban J connectivity index is 1.57. The zero-order valence-corrected chi connectivity index (χ0v) is 19.6. The molecule has 4 aliphatic carbocycles. The van der Waals surface area contributed by atoms with Crippen molar-refractivity contribution in [3.8, 4) is 0 Å². The second-order valence-corrected chi connectivity index (χ2v) is 11.9. The quantitative estimate of drug-likeness (QED) is 0.640. The van der Waals surface area contributed by atoms with Crippen LogP contribution in [0.25, 0.3) is 0 Å². The van der Waals surface area contributed by atoms with Gasteiger partial charge in [-0.2, -0.15) is 0 Å². The van der Waals surface area contributed by atoms with E-state index in [1.54, 1.807) is 6.08 Å². The van der Waals surface area contributed by atoms with Gasteiger partial charge in [0.2, 0.25) is 0 Å². The minimum Gasteiger partial charge on any atom is -0.389 e. The van der Waals surface area contributed by atoms with Crippen LogP contribution in [0.3, 0.4) is 0 Å². The third-order valence-corrected chi connectivity index (χ3v) is 9.93. The molecule has 0 heterocycles. The first-order valence-electron chi connectivity index (χ1n) is 12.4. The van der Waals surface area contributed by atoms with Crippen molar-refractivity contribution in [2.75, 3.05) is 0 Å². The molecule has 0 aromatic carbocycles. The highest BCUT2D eigenvalue weighted by atomic mass is 16.3. The third-order valence-electron chi connectivity index (χ3n) is 9.93. The maximum absolute atomic E-state index is 12.1. The number of hydrogen-bond acceptors (Lipinski definition) is 3. The van der Waals surface area contributed by atoms with Gasteiger partial charge in [-0.05, 0) is 78.3 Å². The van der Waals surface area contributed by atoms with Crippen LogP contribution in [0.4, 0.5) is 0 Å². The lowest BCUT2D eigenvalue weighted by molar-refractivity contribution is -0.144. The van der Waals surface area contributed by atoms with Crippen molar-refractivity contribution >= 4 is 5.78 Å². The van der Waals surface area contributed by atoms with E-state index in [1.165, 1.54) is 38.5 Å². The standard InChI is InChI=1S/C27H42O3/c1-16(2)7-6-8-17(3)20-11-12-21-19-10-9-18-15-23(28)24(29)25(30)27(18,5)22(19)13-14-26(20,21)4/h9-10,15-17,19-22,24-25,29-30H,6-8,11-14H2,1-5H3/t17-,19+,20-,21+,22+,24?,25?,26-,27+/m1/s1. The zero-order chi connectivity index (χ0) is 21.8. The minimum atomic E-state index is -1.28. The molecule has 2 unspecified atom stereocenters. The topological polar surface area (TPSA) is 57.5 Å². The Labute approximate surface area is 183 Å². The molecule has 0 saturated heterocycles. The highest BCUT2D eigenvalue weighted by Gasteiger charge is 2.61. The molecule has 3 nitrogen and oxygen atoms in total. The van der Waals surface area contributed by atoms with Gasteiger partial charge in [-0.1, -0.05) is 66.0 Å². The van der Waals surface area contributed by atoms with Crippen molar-refractivity contribution in [1.29, 1.82) is 0 Å². The van der Waals surface area contributed by atoms with E-state index in [4.69, 9.17) is 0 Å². The molecular formula is C27H42O3. The summed E-state index contributed by atoms with van der Waals surface area (Å²) in [5, 5.41) is 21.3. The van der Waals surface area contributed by atoms with Crippen molar-refractivity contribution < 1.29 is 15.0 Å². The summed E-state index contributed by atoms with van der Waals surface area (Å²) in [4.78, 5) is 12.1. The second-order valence-electron chi connectivity index (χ2n) is 11.9. The number of carbonyl (C=O) groups excluding carboxylic acids is 1. The minimum absolute atomic E-state index is 0.305. The molecule has 3 heteroatoms. The lowest BCUT2D eigenvalue weighted by atomic mass is 9.47. The van der Waals surface area contributed by atoms with Gasteiger partial charge in [0.1, 0.15) is 6.10 Å². The van der Waals surface area contributed by atoms with Crippen molar-refractivity contribution in [2.24, 2.45) is 46.3 Å². The Bertz CT molecular complexity index is 736. The number of rotatable bonds is 5. The number of ketones is 1. The van der Waals surface area contributed by atoms with Gasteiger partial charge in [0.15, 0.2) is 5.78 Å². The van der Waals surface area contributed by atoms with Crippen molar-refractivity contribution in [1.82, 2.24) is 0 Å². The molecule has 30 heavy (non-hydrogen) atoms. The molecule has 168 valence electrons. The van der Waals surface area contributed by atoms with E-state index in [0.717, 1.165) is 29.7 Å². The molecule has 2 N–H and O–H groups in total. The molecule has 0 bridgehead atoms. The van der Waals surface area contributed by atoms with Crippen molar-refractivity contribution in [3.05, 3.63) is 23.8 Å². The van der Waals surface area contributed by atoms with Crippen LogP contribution in [0.2, 0.25) is 0 Å². The SMILES string of the molecule is CC(C)CCC[C@@H](C)[C@H]1CC[C@H]2[C@@H]3C=CC4=CC(=O)C(O)C(O)[C@]4(C)[C@H]3CC[C@]12C. The van der Waals surface area contributed by atoms with Gasteiger partial charge >= 0.3 is 0 Å². The van der Waals surface area contributed by atoms with Gasteiger partial charge in [0.25, 0.3) is 0 Å². The summed E-state index contributed by atoms with van der Waals surface area (Å²) in [6.07, 6.45) is 12.6. The van der Waals surface area contributed by atoms with Gasteiger partial charge in [-0.15, -0.1) is 0 Å². The maximum Gasteiger partial charge on any atom is 0.187 e. The Hall–Kier alpha value is -0.930. The van der Waals surface area contributed by atoms with Crippen LogP contribution in [0, 0.1) is 46.3 Å². The lowest BCUT2D eigenvalue weighted by Gasteiger charge is -2.58. The van der Waals surface area contributed by atoms with E-state index in [1.807, 2.05) is 0 Å². The van der Waals surface area contributed by atoms with Gasteiger partial charge < -0.3 is 10.2 Å². The Kier molecular flexibility index (Phi) is 5.85. The zero-order valence-electron chi connectivity index (χ0n) is 19.6. The summed E-state index contributed by atoms with van der Waals surface area (Å²) in [6.45, 7) is 11.8. The highest BCUT2D eigenvalue weighted by molar-refractivity contribution is 5.96. The Morgan fingerprint density at radius 1 is 1.07 bits per heavy atom. The Morgan fingerprint density at radius 2 is 1.80 bits per heavy atom. The predicted octanol–water partition coefficient (Wildman–Crippen LogP) is 5.31. The Morgan fingerprint density at radius 3 is 2.50 bits per heavy atom. The van der Waals surface area contributed by atoms with E-state index in [0.29, 0.717) is 23.2 Å². The largest absolute Gasteiger partial charge is 0.389 e. The van der Waals surface area contributed by atoms with Crippen LogP contribution in [0.15, 0.2) is 23.8 Å². The summed E-state index contributed by atoms with van der Waals surface area (Å²) in [5.41, 5.74) is 0.774. The van der Waals surface area contributed by atoms with Gasteiger partial charge in [-0.25, -0.2) is 0 Å². The third kappa shape index (κ3) is 3.26. The van der Waals surface area contributed by atoms with Crippen LogP contribution < -0.4 is 0 Å². The molecule has 0 aliphatic heterocycles. The fraction of sp³-hybridized carbons (Fsp3) is 0.815. The molecule has 0 radical (unpaired) electrons. The number of aliphatic hydroxyl groups excluding tert-OH is 2. The molecule has 2 saturated carbocycles. The van der Waals surface area contributed by atoms with E-state index >= 15 is 0 Å². The highest BCUT2D eigenvalue weighted by Crippen LogP contribution is 2.66. The fourth-order valence-corrected chi connectivity index (χ4v) is 8.11. The molecule has 0 aromatic heterocycles. The number of hydrogen-bond donors (Lipinski definition) is 2. The summed E-state index contributed by atoms with van der Waals surface area (Å²) in [7, 11) is 0. The molecule has 0 spiro atoms. The van der Waals surface area contributed by atoms with E-state index in [9.17, 15) is 15.0 Å². The van der Waals surface area contributed by atoms with E-state index < -0.39 is 17.6 Å². The molecule has 0 aromatic rings. The average Bonchev–Trinajstić information content (AvgIpc) is 3.04. The first-order valence-corrected chi connectivity index (χ1v) is 12.4. The van der Waals surface area contributed by atoms with Crippen LogP contribution in [-0.2, 0) is 4.79 Å². The van der Waals surface area contributed by atoms with E-state index in [2.05, 4.69) is 46.8 Å². The monoisotopic (exact) mass is 414 g/mol. The smallest absolute Gasteiger partial charge is 0.187 e. The van der Waals surface area contributed by atoms with Crippen LogP contribution in [0.5, 0.6) is 0 Å². The predicted molar refractivity (Wildman–Crippen MR) is 121 cm³/mol. The first-order chi connectivity index (χ1) is 14.1. The average molecular weight is 415 g/mol. The molecule has 0 amide bonds. The molecule has 9 atom stereocenters. The maximum atomic E-state index is 12.1. The lowest BCUT2D eigenvalue weighted by Crippen LogP contribution is -2.58. The number of allylic oxidation sites excluding steroid dienone is 2. The summed E-state index contributed by atoms with van der Waals surface area (Å²) < 4.78 is 0. The molecule has 4 aliphatic rings. The summed E-state index contributed by atoms with van der Waals surface area (Å²) >= 11 is 0. The van der Waals surface area contributed by atoms with Gasteiger partial charge in [0, 0.05) is 5.41 Å². The van der Waals surface area contributed by atoms with E-state index in [-0.39, 0.29) is 5.78 Å². The number of fused-ring (bicyclic) bond motifs is 5. The fourth-order valence-electron chi connectivity index (χ4n) is 8.11. The first kappa shape index (κ1) is 22.3. The number of carbonyl (C=O) groups is 1. The normalized spacial score (nSPS) is 46.3. The number of aliphatic hydroxyl groups is 2. The van der Waals surface area contributed by atoms with Crippen LogP contribution in [0.1, 0.15) is 79.6 Å². The summed E-state index contributed by atoms with van der Waals surface area (Å²) in [5.74, 6) is 3.39. The van der Waals surface area contributed by atoms with Gasteiger partial charge in [0.05, 0.1) is 6.10 Å². The van der Waals surface area contributed by atoms with Crippen LogP contribution in [-0.4, -0.2) is 28.2 Å². The van der Waals surface area contributed by atoms with Gasteiger partial charge in [-0.3, -0.25) is 4.79 Å². The van der Waals surface area contributed by atoms with Crippen molar-refractivity contribution in [3.63, 3.8) is 0 Å². The molecule has 4 rings (SSSR count). The molecular weight excluding hydrogens is 372 g/mol. The summed E-state index contributed by atoms with van der Waals surface area (Å²) in [6, 6.07) is 0. The second kappa shape index (κ2) is 7.89. The van der Waals surface area contributed by atoms with Crippen molar-refractivity contribution in [2.45, 2.75) is 91.8 Å². The molecule has 2 fully saturated rings.